The number of fused-ring (bicyclic) bond motifs is 4. The second kappa shape index (κ2) is 6.54. The number of aliphatic hydroxyl groups excluding tert-OH is 1. The van der Waals surface area contributed by atoms with Gasteiger partial charge >= 0.3 is 5.95 Å². The predicted octanol–water partition coefficient (Wildman–Crippen LogP) is 1.00. The van der Waals surface area contributed by atoms with E-state index in [-0.39, 0.29) is 13.4 Å². The number of aromatic amines is 1. The average Bonchev–Trinajstić information content (AvgIpc) is 3.32. The van der Waals surface area contributed by atoms with Gasteiger partial charge in [0.1, 0.15) is 0 Å². The molecule has 4 aromatic rings. The minimum absolute atomic E-state index is 0.0611. The molecule has 0 aliphatic carbocycles. The summed E-state index contributed by atoms with van der Waals surface area (Å²) < 4.78 is 12.7. The van der Waals surface area contributed by atoms with E-state index in [1.807, 2.05) is 40.9 Å². The van der Waals surface area contributed by atoms with E-state index in [9.17, 15) is 0 Å². The molecule has 9 nitrogen and oxygen atoms in total. The van der Waals surface area contributed by atoms with Gasteiger partial charge in [-0.3, -0.25) is 0 Å². The molecule has 0 unspecified atom stereocenters. The van der Waals surface area contributed by atoms with Gasteiger partial charge in [0.2, 0.25) is 6.79 Å². The molecule has 0 saturated carbocycles. The number of anilines is 2. The quantitative estimate of drug-likeness (QED) is 0.382. The second-order valence-corrected chi connectivity index (χ2v) is 6.54. The highest BCUT2D eigenvalue weighted by molar-refractivity contribution is 5.91. The molecule has 0 fully saturated rings. The Morgan fingerprint density at radius 1 is 1.14 bits per heavy atom. The van der Waals surface area contributed by atoms with Gasteiger partial charge in [0.05, 0.1) is 18.4 Å². The van der Waals surface area contributed by atoms with Crippen LogP contribution in [-0.4, -0.2) is 40.1 Å². The summed E-state index contributed by atoms with van der Waals surface area (Å²) in [5.74, 6) is 2.58. The highest BCUT2D eigenvalue weighted by atomic mass is 16.7. The van der Waals surface area contributed by atoms with Crippen LogP contribution >= 0.6 is 0 Å². The molecule has 1 aliphatic heterocycles. The first-order valence-corrected chi connectivity index (χ1v) is 8.94. The minimum Gasteiger partial charge on any atom is -0.454 e. The molecule has 142 valence electrons. The van der Waals surface area contributed by atoms with Crippen molar-refractivity contribution in [2.75, 3.05) is 31.0 Å². The first kappa shape index (κ1) is 16.6. The second-order valence-electron chi connectivity index (χ2n) is 6.54. The maximum Gasteiger partial charge on any atom is 0.301 e. The van der Waals surface area contributed by atoms with Crippen molar-refractivity contribution in [1.82, 2.24) is 15.1 Å². The van der Waals surface area contributed by atoms with Crippen molar-refractivity contribution in [2.24, 2.45) is 0 Å². The number of nitrogens with zero attached hydrogens (tertiary/aromatic N) is 3. The van der Waals surface area contributed by atoms with Gasteiger partial charge in [-0.05, 0) is 29.8 Å². The summed E-state index contributed by atoms with van der Waals surface area (Å²) in [5, 5.41) is 16.1. The Morgan fingerprint density at radius 3 is 2.93 bits per heavy atom. The largest absolute Gasteiger partial charge is 0.454 e. The molecular weight excluding hydrogens is 360 g/mol. The van der Waals surface area contributed by atoms with Gasteiger partial charge in [0.15, 0.2) is 17.0 Å². The predicted molar refractivity (Wildman–Crippen MR) is 102 cm³/mol. The van der Waals surface area contributed by atoms with Crippen molar-refractivity contribution in [2.45, 2.75) is 6.42 Å². The Labute approximate surface area is 159 Å². The van der Waals surface area contributed by atoms with Crippen molar-refractivity contribution >= 4 is 28.2 Å². The number of rotatable bonds is 5. The molecule has 28 heavy (non-hydrogen) atoms. The average molecular weight is 379 g/mol. The van der Waals surface area contributed by atoms with Crippen LogP contribution in [-0.2, 0) is 6.42 Å². The van der Waals surface area contributed by atoms with Crippen LogP contribution in [0, 0.1) is 0 Å². The molecule has 2 aromatic heterocycles. The maximum atomic E-state index is 9.03. The minimum atomic E-state index is 0.0611. The first-order valence-electron chi connectivity index (χ1n) is 8.94. The number of hydrogen-bond acceptors (Lipinski definition) is 7. The van der Waals surface area contributed by atoms with Crippen LogP contribution in [0.25, 0.3) is 16.6 Å². The van der Waals surface area contributed by atoms with E-state index < -0.39 is 0 Å². The lowest BCUT2D eigenvalue weighted by molar-refractivity contribution is -0.587. The zero-order chi connectivity index (χ0) is 19.1. The van der Waals surface area contributed by atoms with Crippen LogP contribution < -0.4 is 25.0 Å². The lowest BCUT2D eigenvalue weighted by Gasteiger charge is -2.05. The molecule has 0 saturated heterocycles. The molecule has 5 N–H and O–H groups in total. The summed E-state index contributed by atoms with van der Waals surface area (Å²) in [6.45, 7) is 0.778. The number of hydrogen-bond donors (Lipinski definition) is 4. The Bertz CT molecular complexity index is 1190. The van der Waals surface area contributed by atoms with Gasteiger partial charge < -0.3 is 25.6 Å². The number of H-pyrrole nitrogens is 1. The van der Waals surface area contributed by atoms with Crippen LogP contribution in [0.1, 0.15) is 11.4 Å². The number of nitrogens with one attached hydrogen (secondary N) is 2. The number of nitrogens with two attached hydrogens (primary N) is 1. The van der Waals surface area contributed by atoms with Crippen molar-refractivity contribution in [3.63, 3.8) is 0 Å². The summed E-state index contributed by atoms with van der Waals surface area (Å²) in [7, 11) is 0. The normalized spacial score (nSPS) is 12.8. The van der Waals surface area contributed by atoms with Gasteiger partial charge in [-0.2, -0.15) is 5.10 Å². The summed E-state index contributed by atoms with van der Waals surface area (Å²) in [6.07, 6.45) is 0.559. The molecule has 1 aliphatic rings. The fraction of sp³-hybridized carbons (Fsp3) is 0.211. The van der Waals surface area contributed by atoms with Crippen LogP contribution in [0.5, 0.6) is 11.5 Å². The lowest BCUT2D eigenvalue weighted by Crippen LogP contribution is -2.31. The third-order valence-corrected chi connectivity index (χ3v) is 4.65. The lowest BCUT2D eigenvalue weighted by atomic mass is 10.1. The van der Waals surface area contributed by atoms with Crippen LogP contribution in [0.4, 0.5) is 11.6 Å². The molecular formula is C19H19N6O3+. The number of aromatic nitrogens is 4. The van der Waals surface area contributed by atoms with E-state index in [0.717, 1.165) is 39.5 Å². The third kappa shape index (κ3) is 2.81. The standard InChI is InChI=1S/C19H18N6O3/c20-19-23-18-13-3-2-12(21-5-6-26)9-14(13)22-17(25(18)24-19)8-11-1-4-15-16(7-11)28-10-27-15/h1-4,7,9,26H,5-6,8,10H2,(H3,20,21,23,24)/p+1. The van der Waals surface area contributed by atoms with E-state index in [4.69, 9.17) is 25.3 Å². The zero-order valence-corrected chi connectivity index (χ0v) is 15.0. The Hall–Kier alpha value is -3.59. The number of nitrogen functional groups attached to an aromatic ring is 1. The summed E-state index contributed by atoms with van der Waals surface area (Å²) >= 11 is 0. The Balaban J connectivity index is 1.61. The van der Waals surface area contributed by atoms with Crippen molar-refractivity contribution in [3.8, 4) is 11.5 Å². The van der Waals surface area contributed by atoms with Gasteiger partial charge in [0.25, 0.3) is 11.5 Å². The zero-order valence-electron chi connectivity index (χ0n) is 15.0. The molecule has 0 atom stereocenters. The van der Waals surface area contributed by atoms with Gasteiger partial charge in [-0.1, -0.05) is 11.1 Å². The van der Waals surface area contributed by atoms with Crippen LogP contribution in [0.15, 0.2) is 36.4 Å². The third-order valence-electron chi connectivity index (χ3n) is 4.65. The molecule has 3 heterocycles. The Morgan fingerprint density at radius 2 is 2.04 bits per heavy atom. The topological polar surface area (TPSA) is 122 Å². The number of aliphatic hydroxyl groups is 1. The van der Waals surface area contributed by atoms with Crippen LogP contribution in [0.2, 0.25) is 0 Å². The number of benzene rings is 2. The van der Waals surface area contributed by atoms with Crippen molar-refractivity contribution in [1.29, 1.82) is 0 Å². The van der Waals surface area contributed by atoms with E-state index >= 15 is 0 Å². The smallest absolute Gasteiger partial charge is 0.301 e. The summed E-state index contributed by atoms with van der Waals surface area (Å²) in [5.41, 5.74) is 9.35. The molecule has 2 aromatic carbocycles. The highest BCUT2D eigenvalue weighted by Crippen LogP contribution is 2.33. The number of ether oxygens (including phenoxy) is 2. The van der Waals surface area contributed by atoms with Gasteiger partial charge in [0, 0.05) is 18.3 Å². The molecule has 0 amide bonds. The molecule has 5 rings (SSSR count). The van der Waals surface area contributed by atoms with E-state index in [1.54, 1.807) is 0 Å². The Kier molecular flexibility index (Phi) is 3.87. The molecule has 0 spiro atoms. The monoisotopic (exact) mass is 379 g/mol. The first-order chi connectivity index (χ1) is 13.7. The van der Waals surface area contributed by atoms with E-state index in [2.05, 4.69) is 15.4 Å². The van der Waals surface area contributed by atoms with E-state index in [1.165, 1.54) is 0 Å². The van der Waals surface area contributed by atoms with Gasteiger partial charge in [-0.15, -0.1) is 9.50 Å². The molecule has 0 bridgehead atoms. The summed E-state index contributed by atoms with van der Waals surface area (Å²) in [4.78, 5) is 9.27. The molecule has 0 radical (unpaired) electrons. The van der Waals surface area contributed by atoms with Gasteiger partial charge in [-0.25, -0.2) is 0 Å². The van der Waals surface area contributed by atoms with Crippen molar-refractivity contribution < 1.29 is 19.1 Å². The van der Waals surface area contributed by atoms with Crippen LogP contribution in [0.3, 0.4) is 0 Å². The molecule has 9 heteroatoms. The summed E-state index contributed by atoms with van der Waals surface area (Å²) in [6, 6.07) is 11.7. The SMILES string of the molecule is Nc1nc2c3ccc(NCCO)cc3nc(Cc3ccc4c(c3)OCO4)[n+]2[nH]1. The van der Waals surface area contributed by atoms with Crippen molar-refractivity contribution in [3.05, 3.63) is 47.8 Å². The van der Waals surface area contributed by atoms with E-state index in [0.29, 0.717) is 24.6 Å². The highest BCUT2D eigenvalue weighted by Gasteiger charge is 2.22. The fourth-order valence-corrected chi connectivity index (χ4v) is 3.39. The maximum absolute atomic E-state index is 9.03. The fourth-order valence-electron chi connectivity index (χ4n) is 3.39.